The summed E-state index contributed by atoms with van der Waals surface area (Å²) in [5.41, 5.74) is 0.481. The van der Waals surface area contributed by atoms with Gasteiger partial charge in [0.15, 0.2) is 0 Å². The summed E-state index contributed by atoms with van der Waals surface area (Å²) in [6, 6.07) is 2.37. The fraction of sp³-hybridized carbons (Fsp3) is 0.421. The van der Waals surface area contributed by atoms with Crippen molar-refractivity contribution in [1.29, 1.82) is 0 Å². The number of nitrogens with one attached hydrogen (secondary N) is 1. The number of likely N-dealkylation sites (N-methyl/N-ethyl adjacent to an activating group) is 1. The molecule has 2 aromatic rings. The lowest BCUT2D eigenvalue weighted by Gasteiger charge is -2.41. The average molecular weight is 432 g/mol. The second-order valence-corrected chi connectivity index (χ2v) is 7.61. The number of aromatic carboxylic acids is 1. The Morgan fingerprint density at radius 2 is 2.06 bits per heavy atom. The van der Waals surface area contributed by atoms with Gasteiger partial charge in [-0.25, -0.2) is 9.78 Å². The van der Waals surface area contributed by atoms with E-state index in [0.29, 0.717) is 5.69 Å². The highest BCUT2D eigenvalue weighted by Crippen LogP contribution is 2.34. The van der Waals surface area contributed by atoms with E-state index >= 15 is 0 Å². The Morgan fingerprint density at radius 1 is 1.35 bits per heavy atom. The molecule has 1 fully saturated rings. The number of likely N-dealkylation sites (tertiary alicyclic amines) is 1. The van der Waals surface area contributed by atoms with Gasteiger partial charge in [-0.1, -0.05) is 6.07 Å². The summed E-state index contributed by atoms with van der Waals surface area (Å²) in [5.74, 6) is -1.98. The minimum atomic E-state index is -1.56. The Balaban J connectivity index is 1.67. The molecule has 1 amide bonds. The maximum atomic E-state index is 12.9. The van der Waals surface area contributed by atoms with Crippen molar-refractivity contribution in [3.63, 3.8) is 0 Å². The Morgan fingerprint density at radius 3 is 2.61 bits per heavy atom. The van der Waals surface area contributed by atoms with Gasteiger partial charge in [-0.15, -0.1) is 0 Å². The predicted molar refractivity (Wildman–Crippen MR) is 110 cm³/mol. The SMILES string of the molecule is CN(C)C(C(=O)N1CC(Oc2ccc(CCB(O)O)c(O)c2C(=O)O)C1)c1c[nH]cn1. The molecule has 166 valence electrons. The standard InChI is InChI=1S/C19H25BN4O7/c1-23(2)16(13-7-21-10-22-13)18(26)24-8-12(9-24)31-14-4-3-11(5-6-20(29)30)17(25)15(14)19(27)28/h3-4,7,10,12,16,25,29-30H,5-6,8-9H2,1-2H3,(H,21,22)(H,27,28). The number of carboxylic acid groups (broad SMARTS) is 1. The van der Waals surface area contributed by atoms with Crippen LogP contribution in [0.15, 0.2) is 24.7 Å². The number of H-pyrrole nitrogens is 1. The van der Waals surface area contributed by atoms with Crippen LogP contribution in [0.5, 0.6) is 11.5 Å². The number of aromatic hydroxyl groups is 1. The van der Waals surface area contributed by atoms with Crippen LogP contribution in [0, 0.1) is 0 Å². The number of amides is 1. The number of ether oxygens (including phenoxy) is 1. The highest BCUT2D eigenvalue weighted by molar-refractivity contribution is 6.41. The molecule has 1 atom stereocenters. The Labute approximate surface area is 179 Å². The van der Waals surface area contributed by atoms with E-state index in [1.807, 2.05) is 0 Å². The number of aromatic nitrogens is 2. The average Bonchev–Trinajstić information content (AvgIpc) is 3.16. The second-order valence-electron chi connectivity index (χ2n) is 7.61. The lowest BCUT2D eigenvalue weighted by molar-refractivity contribution is -0.145. The van der Waals surface area contributed by atoms with Crippen LogP contribution in [0.1, 0.15) is 27.7 Å². The van der Waals surface area contributed by atoms with Gasteiger partial charge in [0.05, 0.1) is 25.1 Å². The molecule has 0 spiro atoms. The summed E-state index contributed by atoms with van der Waals surface area (Å²) >= 11 is 0. The van der Waals surface area contributed by atoms with Crippen molar-refractivity contribution in [3.8, 4) is 11.5 Å². The molecule has 0 bridgehead atoms. The summed E-state index contributed by atoms with van der Waals surface area (Å²) in [6.07, 6.45) is 2.79. The third-order valence-electron chi connectivity index (χ3n) is 5.11. The fourth-order valence-electron chi connectivity index (χ4n) is 3.49. The van der Waals surface area contributed by atoms with Gasteiger partial charge in [0.2, 0.25) is 5.91 Å². The van der Waals surface area contributed by atoms with Crippen molar-refractivity contribution >= 4 is 19.0 Å². The number of carboxylic acids is 1. The van der Waals surface area contributed by atoms with Crippen molar-refractivity contribution < 1.29 is 34.6 Å². The smallest absolute Gasteiger partial charge is 0.451 e. The zero-order valence-corrected chi connectivity index (χ0v) is 17.2. The molecule has 12 heteroatoms. The zero-order valence-electron chi connectivity index (χ0n) is 17.2. The fourth-order valence-corrected chi connectivity index (χ4v) is 3.49. The molecule has 1 unspecified atom stereocenters. The quantitative estimate of drug-likeness (QED) is 0.336. The molecular weight excluding hydrogens is 407 g/mol. The van der Waals surface area contributed by atoms with E-state index in [0.717, 1.165) is 0 Å². The van der Waals surface area contributed by atoms with Crippen LogP contribution in [0.3, 0.4) is 0 Å². The Hall–Kier alpha value is -3.09. The predicted octanol–water partition coefficient (Wildman–Crippen LogP) is -0.279. The number of aryl methyl sites for hydroxylation is 1. The molecule has 1 aliphatic heterocycles. The monoisotopic (exact) mass is 432 g/mol. The summed E-state index contributed by atoms with van der Waals surface area (Å²) < 4.78 is 5.75. The van der Waals surface area contributed by atoms with Crippen LogP contribution in [-0.2, 0) is 11.2 Å². The second kappa shape index (κ2) is 9.37. The molecule has 1 saturated heterocycles. The number of aromatic amines is 1. The van der Waals surface area contributed by atoms with E-state index in [-0.39, 0.29) is 43.1 Å². The summed E-state index contributed by atoms with van der Waals surface area (Å²) in [6.45, 7) is 0.539. The molecule has 11 nitrogen and oxygen atoms in total. The number of carbonyl (C=O) groups is 2. The van der Waals surface area contributed by atoms with Crippen LogP contribution < -0.4 is 4.74 Å². The Kier molecular flexibility index (Phi) is 6.83. The van der Waals surface area contributed by atoms with Crippen LogP contribution in [0.4, 0.5) is 0 Å². The van der Waals surface area contributed by atoms with Crippen molar-refractivity contribution in [2.24, 2.45) is 0 Å². The van der Waals surface area contributed by atoms with E-state index in [9.17, 15) is 19.8 Å². The molecule has 0 aliphatic carbocycles. The molecule has 1 aromatic heterocycles. The van der Waals surface area contributed by atoms with Gasteiger partial charge in [-0.2, -0.15) is 0 Å². The van der Waals surface area contributed by atoms with Crippen molar-refractivity contribution in [3.05, 3.63) is 41.5 Å². The maximum absolute atomic E-state index is 12.9. The van der Waals surface area contributed by atoms with E-state index in [2.05, 4.69) is 9.97 Å². The van der Waals surface area contributed by atoms with Crippen LogP contribution in [0.2, 0.25) is 6.32 Å². The number of hydrogen-bond donors (Lipinski definition) is 5. The van der Waals surface area contributed by atoms with Gasteiger partial charge in [0, 0.05) is 6.20 Å². The van der Waals surface area contributed by atoms with Crippen LogP contribution >= 0.6 is 0 Å². The van der Waals surface area contributed by atoms with Crippen LogP contribution in [0.25, 0.3) is 0 Å². The van der Waals surface area contributed by atoms with Crippen molar-refractivity contribution in [1.82, 2.24) is 19.8 Å². The zero-order chi connectivity index (χ0) is 22.7. The number of rotatable bonds is 9. The normalized spacial score (nSPS) is 14.9. The molecule has 1 aliphatic rings. The van der Waals surface area contributed by atoms with Gasteiger partial charge in [-0.05, 0) is 38.5 Å². The number of benzene rings is 1. The lowest BCUT2D eigenvalue weighted by Crippen LogP contribution is -2.58. The summed E-state index contributed by atoms with van der Waals surface area (Å²) in [7, 11) is 2.00. The first-order valence-electron chi connectivity index (χ1n) is 9.73. The van der Waals surface area contributed by atoms with E-state index in [1.54, 1.807) is 30.1 Å². The number of carbonyl (C=O) groups excluding carboxylic acids is 1. The topological polar surface area (TPSA) is 159 Å². The maximum Gasteiger partial charge on any atom is 0.451 e. The first kappa shape index (κ1) is 22.6. The summed E-state index contributed by atoms with van der Waals surface area (Å²) in [4.78, 5) is 34.9. The Bertz CT molecular complexity index is 930. The minimum Gasteiger partial charge on any atom is -0.507 e. The van der Waals surface area contributed by atoms with Crippen molar-refractivity contribution in [2.45, 2.75) is 24.9 Å². The highest BCUT2D eigenvalue weighted by Gasteiger charge is 2.38. The minimum absolute atomic E-state index is 0.00754. The number of nitrogens with zero attached hydrogens (tertiary/aromatic N) is 3. The largest absolute Gasteiger partial charge is 0.507 e. The van der Waals surface area contributed by atoms with E-state index < -0.39 is 36.5 Å². The third kappa shape index (κ3) is 4.98. The number of imidazole rings is 1. The molecule has 5 N–H and O–H groups in total. The number of hydrogen-bond acceptors (Lipinski definition) is 8. The molecule has 1 aromatic carbocycles. The lowest BCUT2D eigenvalue weighted by atomic mass is 9.82. The molecular formula is C19H25BN4O7. The molecule has 0 saturated carbocycles. The molecule has 0 radical (unpaired) electrons. The third-order valence-corrected chi connectivity index (χ3v) is 5.11. The van der Waals surface area contributed by atoms with Gasteiger partial charge >= 0.3 is 13.1 Å². The highest BCUT2D eigenvalue weighted by atomic mass is 16.5. The first-order chi connectivity index (χ1) is 14.7. The first-order valence-corrected chi connectivity index (χ1v) is 9.73. The van der Waals surface area contributed by atoms with Crippen molar-refractivity contribution in [2.75, 3.05) is 27.2 Å². The number of phenols is 1. The van der Waals surface area contributed by atoms with E-state index in [1.165, 1.54) is 18.5 Å². The van der Waals surface area contributed by atoms with E-state index in [4.69, 9.17) is 14.8 Å². The molecule has 31 heavy (non-hydrogen) atoms. The van der Waals surface area contributed by atoms with Crippen LogP contribution in [-0.4, -0.2) is 92.3 Å². The van der Waals surface area contributed by atoms with Gasteiger partial charge < -0.3 is 34.9 Å². The van der Waals surface area contributed by atoms with Gasteiger partial charge in [0.25, 0.3) is 0 Å². The summed E-state index contributed by atoms with van der Waals surface area (Å²) in [5, 5.41) is 37.8. The molecule has 2 heterocycles. The van der Waals surface area contributed by atoms with Gasteiger partial charge in [-0.3, -0.25) is 9.69 Å². The molecule has 3 rings (SSSR count). The van der Waals surface area contributed by atoms with Gasteiger partial charge in [0.1, 0.15) is 29.2 Å².